The number of nitrogens with two attached hydrogens (primary N) is 1. The lowest BCUT2D eigenvalue weighted by molar-refractivity contribution is 0.190. The zero-order valence-corrected chi connectivity index (χ0v) is 30.6. The molecule has 0 atom stereocenters. The van der Waals surface area contributed by atoms with Crippen molar-refractivity contribution in [3.63, 3.8) is 0 Å². The summed E-state index contributed by atoms with van der Waals surface area (Å²) < 4.78 is 40.5. The fourth-order valence-corrected chi connectivity index (χ4v) is 35.7. The van der Waals surface area contributed by atoms with Gasteiger partial charge in [-0.2, -0.15) is 0 Å². The van der Waals surface area contributed by atoms with Gasteiger partial charge in [0.2, 0.25) is 0 Å². The molecule has 0 aliphatic rings. The number of hydrogen-bond acceptors (Lipinski definition) is 7. The van der Waals surface area contributed by atoms with Gasteiger partial charge in [-0.3, -0.25) is 0 Å². The normalized spacial score (nSPS) is 15.4. The summed E-state index contributed by atoms with van der Waals surface area (Å²) in [5, 5.41) is 0. The lowest BCUT2D eigenvalue weighted by Gasteiger charge is -2.46. The summed E-state index contributed by atoms with van der Waals surface area (Å²) in [6, 6.07) is 0.645. The van der Waals surface area contributed by atoms with Crippen LogP contribution in [-0.2, 0) is 24.7 Å². The standard InChI is InChI=1S/C18H53NO6Si7/c1-26(2,3)20-29(10,11)23-32(18-16-17-19,24-30(12,13)21-27(4,5)6)25-31(14,15)22-28(7,8)9/h16-19H2,1-15H3. The molecule has 0 aliphatic heterocycles. The third-order valence-corrected chi connectivity index (χ3v) is 27.4. The Hall–Kier alpha value is 1.24. The maximum Gasteiger partial charge on any atom is 0.474 e. The van der Waals surface area contributed by atoms with E-state index in [1.165, 1.54) is 0 Å². The molecule has 0 amide bonds. The van der Waals surface area contributed by atoms with Gasteiger partial charge in [0, 0.05) is 6.04 Å². The summed E-state index contributed by atoms with van der Waals surface area (Å²) in [6.07, 6.45) is 0.762. The van der Waals surface area contributed by atoms with Crippen LogP contribution in [0, 0.1) is 0 Å². The Bertz CT molecular complexity index is 512. The molecule has 0 bridgehead atoms. The molecular weight excluding hydrogens is 523 g/mol. The van der Waals surface area contributed by atoms with E-state index >= 15 is 0 Å². The molecule has 0 rings (SSSR count). The zero-order chi connectivity index (χ0) is 25.9. The first kappa shape index (κ1) is 33.2. The Kier molecular flexibility index (Phi) is 12.0. The molecule has 0 saturated heterocycles. The minimum atomic E-state index is -3.23. The fourth-order valence-electron chi connectivity index (χ4n) is 3.93. The van der Waals surface area contributed by atoms with Crippen molar-refractivity contribution in [1.82, 2.24) is 0 Å². The Morgan fingerprint density at radius 2 is 0.688 bits per heavy atom. The molecule has 14 heteroatoms. The van der Waals surface area contributed by atoms with Crippen LogP contribution < -0.4 is 5.73 Å². The van der Waals surface area contributed by atoms with Gasteiger partial charge < -0.3 is 30.4 Å². The quantitative estimate of drug-likeness (QED) is 0.240. The van der Waals surface area contributed by atoms with Gasteiger partial charge in [-0.25, -0.2) is 0 Å². The molecular formula is C18H53NO6Si7. The summed E-state index contributed by atoms with van der Waals surface area (Å²) >= 11 is 0. The Labute approximate surface area is 206 Å². The topological polar surface area (TPSA) is 81.4 Å². The van der Waals surface area contributed by atoms with Crippen LogP contribution in [0.15, 0.2) is 0 Å². The van der Waals surface area contributed by atoms with Gasteiger partial charge in [-0.1, -0.05) is 0 Å². The van der Waals surface area contributed by atoms with Gasteiger partial charge in [-0.15, -0.1) is 0 Å². The zero-order valence-electron chi connectivity index (χ0n) is 23.6. The Morgan fingerprint density at radius 1 is 0.438 bits per heavy atom. The summed E-state index contributed by atoms with van der Waals surface area (Å²) in [4.78, 5) is 0. The molecule has 0 unspecified atom stereocenters. The van der Waals surface area contributed by atoms with Gasteiger partial charge >= 0.3 is 34.5 Å². The van der Waals surface area contributed by atoms with Crippen molar-refractivity contribution in [3.8, 4) is 0 Å². The van der Waals surface area contributed by atoms with Gasteiger partial charge in [0.05, 0.1) is 0 Å². The van der Waals surface area contributed by atoms with E-state index in [2.05, 4.69) is 98.2 Å². The van der Waals surface area contributed by atoms with E-state index in [1.54, 1.807) is 0 Å². The van der Waals surface area contributed by atoms with Crippen molar-refractivity contribution >= 4 is 59.4 Å². The van der Waals surface area contributed by atoms with E-state index < -0.39 is 59.4 Å². The summed E-state index contributed by atoms with van der Waals surface area (Å²) in [7, 11) is -16.3. The van der Waals surface area contributed by atoms with Crippen molar-refractivity contribution in [2.45, 2.75) is 111 Å². The van der Waals surface area contributed by atoms with Crippen LogP contribution in [0.25, 0.3) is 0 Å². The first-order chi connectivity index (χ1) is 13.8. The molecule has 194 valence electrons. The van der Waals surface area contributed by atoms with Gasteiger partial charge in [0.15, 0.2) is 25.0 Å². The highest BCUT2D eigenvalue weighted by Gasteiger charge is 2.55. The van der Waals surface area contributed by atoms with E-state index in [4.69, 9.17) is 30.4 Å². The van der Waals surface area contributed by atoms with Crippen molar-refractivity contribution in [2.75, 3.05) is 6.54 Å². The number of hydrogen-bond donors (Lipinski definition) is 1. The highest BCUT2D eigenvalue weighted by Crippen LogP contribution is 2.33. The molecule has 0 aromatic carbocycles. The molecule has 0 spiro atoms. The second kappa shape index (κ2) is 11.5. The van der Waals surface area contributed by atoms with Gasteiger partial charge in [0.1, 0.15) is 0 Å². The molecule has 32 heavy (non-hydrogen) atoms. The molecule has 0 radical (unpaired) electrons. The highest BCUT2D eigenvalue weighted by molar-refractivity contribution is 6.92. The lowest BCUT2D eigenvalue weighted by atomic mass is 10.5. The summed E-state index contributed by atoms with van der Waals surface area (Å²) in [5.41, 5.74) is 5.95. The smallest absolute Gasteiger partial charge is 0.437 e. The SMILES string of the molecule is C[Si](C)(C)O[Si](C)(C)O[Si](CCCN)(O[Si](C)(C)O[Si](C)(C)C)O[Si](C)(C)O[Si](C)(C)C. The molecule has 7 nitrogen and oxygen atoms in total. The van der Waals surface area contributed by atoms with Crippen LogP contribution in [0.3, 0.4) is 0 Å². The van der Waals surface area contributed by atoms with Crippen LogP contribution in [0.2, 0.25) is 104 Å². The largest absolute Gasteiger partial charge is 0.474 e. The van der Waals surface area contributed by atoms with Crippen LogP contribution in [0.5, 0.6) is 0 Å². The fraction of sp³-hybridized carbons (Fsp3) is 1.00. The maximum atomic E-state index is 6.94. The summed E-state index contributed by atoms with van der Waals surface area (Å²) in [5.74, 6) is 0. The van der Waals surface area contributed by atoms with E-state index in [-0.39, 0.29) is 0 Å². The second-order valence-corrected chi connectivity index (χ2v) is 40.6. The van der Waals surface area contributed by atoms with Crippen LogP contribution in [0.4, 0.5) is 0 Å². The molecule has 0 aromatic rings. The Morgan fingerprint density at radius 3 is 0.875 bits per heavy atom. The number of rotatable bonds is 15. The minimum Gasteiger partial charge on any atom is -0.437 e. The van der Waals surface area contributed by atoms with Gasteiger partial charge in [-0.05, 0) is 111 Å². The van der Waals surface area contributed by atoms with E-state index in [9.17, 15) is 0 Å². The van der Waals surface area contributed by atoms with Crippen molar-refractivity contribution in [3.05, 3.63) is 0 Å². The molecule has 0 aromatic heterocycles. The third kappa shape index (κ3) is 16.0. The predicted octanol–water partition coefficient (Wildman–Crippen LogP) is 5.98. The average Bonchev–Trinajstić information content (AvgIpc) is 2.34. The predicted molar refractivity (Wildman–Crippen MR) is 153 cm³/mol. The van der Waals surface area contributed by atoms with E-state index in [0.29, 0.717) is 12.6 Å². The minimum absolute atomic E-state index is 0.551. The molecule has 0 aliphatic carbocycles. The van der Waals surface area contributed by atoms with Gasteiger partial charge in [0.25, 0.3) is 0 Å². The third-order valence-electron chi connectivity index (χ3n) is 3.55. The molecule has 0 fully saturated rings. The van der Waals surface area contributed by atoms with Crippen molar-refractivity contribution in [1.29, 1.82) is 0 Å². The Balaban J connectivity index is 6.34. The van der Waals surface area contributed by atoms with Crippen LogP contribution in [-0.4, -0.2) is 66.0 Å². The van der Waals surface area contributed by atoms with E-state index in [0.717, 1.165) is 6.42 Å². The first-order valence-electron chi connectivity index (χ1n) is 11.7. The average molecular weight is 576 g/mol. The molecule has 0 saturated carbocycles. The van der Waals surface area contributed by atoms with E-state index in [1.807, 2.05) is 0 Å². The highest BCUT2D eigenvalue weighted by atomic mass is 28.5. The summed E-state index contributed by atoms with van der Waals surface area (Å²) in [6.45, 7) is 32.9. The lowest BCUT2D eigenvalue weighted by Crippen LogP contribution is -2.66. The molecule has 2 N–H and O–H groups in total. The molecule has 0 heterocycles. The maximum absolute atomic E-state index is 6.94. The van der Waals surface area contributed by atoms with Crippen molar-refractivity contribution < 1.29 is 24.7 Å². The van der Waals surface area contributed by atoms with Crippen LogP contribution in [0.1, 0.15) is 6.42 Å². The first-order valence-corrected chi connectivity index (χ1v) is 32.3. The second-order valence-electron chi connectivity index (χ2n) is 12.7. The van der Waals surface area contributed by atoms with Crippen molar-refractivity contribution in [2.24, 2.45) is 5.73 Å². The van der Waals surface area contributed by atoms with Crippen LogP contribution >= 0.6 is 0 Å². The monoisotopic (exact) mass is 575 g/mol.